The van der Waals surface area contributed by atoms with E-state index in [1.807, 2.05) is 19.9 Å². The maximum absolute atomic E-state index is 11.9. The number of carbonyl (C=O) groups excluding carboxylic acids is 1. The van der Waals surface area contributed by atoms with E-state index < -0.39 is 0 Å². The van der Waals surface area contributed by atoms with E-state index in [2.05, 4.69) is 0 Å². The number of esters is 1. The molecule has 0 N–H and O–H groups in total. The molecule has 0 heterocycles. The molecular weight excluding hydrogens is 252 g/mol. The largest absolute Gasteiger partial charge is 0.494 e. The van der Waals surface area contributed by atoms with E-state index in [0.29, 0.717) is 30.4 Å². The Kier molecular flexibility index (Phi) is 5.99. The summed E-state index contributed by atoms with van der Waals surface area (Å²) in [6, 6.07) is 5.34. The first-order chi connectivity index (χ1) is 8.63. The highest BCUT2D eigenvalue weighted by Crippen LogP contribution is 2.32. The number of carbonyl (C=O) groups is 1. The van der Waals surface area contributed by atoms with E-state index in [0.717, 1.165) is 5.56 Å². The molecule has 1 aromatic rings. The predicted octanol–water partition coefficient (Wildman–Crippen LogP) is 3.80. The van der Waals surface area contributed by atoms with Crippen molar-refractivity contribution in [2.24, 2.45) is 0 Å². The lowest BCUT2D eigenvalue weighted by Crippen LogP contribution is -2.16. The number of hydrogen-bond donors (Lipinski definition) is 0. The summed E-state index contributed by atoms with van der Waals surface area (Å²) in [4.78, 5) is 11.9. The monoisotopic (exact) mass is 270 g/mol. The second kappa shape index (κ2) is 7.27. The third-order valence-corrected chi connectivity index (χ3v) is 2.87. The summed E-state index contributed by atoms with van der Waals surface area (Å²) >= 11 is 5.94. The van der Waals surface area contributed by atoms with Crippen LogP contribution >= 0.6 is 11.6 Å². The van der Waals surface area contributed by atoms with Crippen LogP contribution < -0.4 is 4.74 Å². The van der Waals surface area contributed by atoms with Crippen LogP contribution in [0.4, 0.5) is 0 Å². The van der Waals surface area contributed by atoms with Crippen LogP contribution in [0, 0.1) is 0 Å². The van der Waals surface area contributed by atoms with E-state index >= 15 is 0 Å². The van der Waals surface area contributed by atoms with Gasteiger partial charge in [-0.25, -0.2) is 0 Å². The molecule has 0 aliphatic heterocycles. The Morgan fingerprint density at radius 2 is 2.00 bits per heavy atom. The molecular formula is C14H19ClO3. The van der Waals surface area contributed by atoms with Crippen LogP contribution in [0.1, 0.15) is 38.7 Å². The topological polar surface area (TPSA) is 35.5 Å². The zero-order chi connectivity index (χ0) is 13.5. The van der Waals surface area contributed by atoms with Crippen molar-refractivity contribution in [3.63, 3.8) is 0 Å². The molecule has 0 aromatic heterocycles. The fourth-order valence-corrected chi connectivity index (χ4v) is 2.00. The molecule has 1 aromatic carbocycles. The highest BCUT2D eigenvalue weighted by molar-refractivity contribution is 6.30. The maximum atomic E-state index is 11.9. The average molecular weight is 271 g/mol. The predicted molar refractivity (Wildman–Crippen MR) is 72.3 cm³/mol. The molecule has 0 saturated carbocycles. The Balaban J connectivity index is 3.07. The molecule has 1 atom stereocenters. The molecule has 0 spiro atoms. The number of ether oxygens (including phenoxy) is 2. The summed E-state index contributed by atoms with van der Waals surface area (Å²) in [6.07, 6.45) is 0.667. The van der Waals surface area contributed by atoms with E-state index in [-0.39, 0.29) is 11.9 Å². The molecule has 0 bridgehead atoms. The molecule has 1 rings (SSSR count). The van der Waals surface area contributed by atoms with Crippen LogP contribution in [0.25, 0.3) is 0 Å². The van der Waals surface area contributed by atoms with Gasteiger partial charge in [0.1, 0.15) is 5.75 Å². The molecule has 18 heavy (non-hydrogen) atoms. The minimum absolute atomic E-state index is 0.219. The molecule has 0 aliphatic rings. The van der Waals surface area contributed by atoms with Crippen molar-refractivity contribution in [1.29, 1.82) is 0 Å². The number of rotatable bonds is 6. The van der Waals surface area contributed by atoms with Gasteiger partial charge in [-0.2, -0.15) is 0 Å². The third-order valence-electron chi connectivity index (χ3n) is 2.63. The van der Waals surface area contributed by atoms with Gasteiger partial charge in [-0.3, -0.25) is 4.79 Å². The summed E-state index contributed by atoms with van der Waals surface area (Å²) in [5.74, 6) is 0.136. The Morgan fingerprint density at radius 3 is 2.56 bits per heavy atom. The van der Waals surface area contributed by atoms with Crippen LogP contribution in [-0.4, -0.2) is 19.2 Å². The Bertz CT molecular complexity index is 404. The first-order valence-electron chi connectivity index (χ1n) is 6.22. The molecule has 0 fully saturated rings. The zero-order valence-electron chi connectivity index (χ0n) is 11.0. The summed E-state index contributed by atoms with van der Waals surface area (Å²) in [5, 5.41) is 0.598. The minimum Gasteiger partial charge on any atom is -0.494 e. The van der Waals surface area contributed by atoms with Crippen LogP contribution in [0.3, 0.4) is 0 Å². The summed E-state index contributed by atoms with van der Waals surface area (Å²) < 4.78 is 10.6. The average Bonchev–Trinajstić information content (AvgIpc) is 2.33. The second-order valence-corrected chi connectivity index (χ2v) is 4.26. The summed E-state index contributed by atoms with van der Waals surface area (Å²) in [6.45, 7) is 6.57. The van der Waals surface area contributed by atoms with Gasteiger partial charge in [0.15, 0.2) is 0 Å². The summed E-state index contributed by atoms with van der Waals surface area (Å²) in [5.41, 5.74) is 0.835. The Morgan fingerprint density at radius 1 is 1.28 bits per heavy atom. The van der Waals surface area contributed by atoms with Gasteiger partial charge in [-0.05, 0) is 32.4 Å². The van der Waals surface area contributed by atoms with E-state index in [9.17, 15) is 4.79 Å². The SMILES string of the molecule is CCOC(=O)C(CC)c1ccc(Cl)cc1OCC. The van der Waals surface area contributed by atoms with Crippen molar-refractivity contribution < 1.29 is 14.3 Å². The van der Waals surface area contributed by atoms with Crippen molar-refractivity contribution >= 4 is 17.6 Å². The number of halogens is 1. The second-order valence-electron chi connectivity index (χ2n) is 3.83. The minimum atomic E-state index is -0.302. The van der Waals surface area contributed by atoms with Gasteiger partial charge in [0, 0.05) is 10.6 Å². The molecule has 0 aliphatic carbocycles. The molecule has 3 nitrogen and oxygen atoms in total. The van der Waals surface area contributed by atoms with Crippen molar-refractivity contribution in [1.82, 2.24) is 0 Å². The van der Waals surface area contributed by atoms with Crippen LogP contribution in [0.15, 0.2) is 18.2 Å². The van der Waals surface area contributed by atoms with Gasteiger partial charge in [0.2, 0.25) is 0 Å². The smallest absolute Gasteiger partial charge is 0.313 e. The summed E-state index contributed by atoms with van der Waals surface area (Å²) in [7, 11) is 0. The molecule has 0 radical (unpaired) electrons. The van der Waals surface area contributed by atoms with Crippen LogP contribution in [0.2, 0.25) is 5.02 Å². The fraction of sp³-hybridized carbons (Fsp3) is 0.500. The van der Waals surface area contributed by atoms with Gasteiger partial charge in [0.05, 0.1) is 19.1 Å². The van der Waals surface area contributed by atoms with Crippen molar-refractivity contribution in [3.05, 3.63) is 28.8 Å². The van der Waals surface area contributed by atoms with Gasteiger partial charge in [0.25, 0.3) is 0 Å². The quantitative estimate of drug-likeness (QED) is 0.738. The Labute approximate surface area is 113 Å². The normalized spacial score (nSPS) is 12.0. The standard InChI is InChI=1S/C14H19ClO3/c1-4-11(14(16)18-6-3)12-8-7-10(15)9-13(12)17-5-2/h7-9,11H,4-6H2,1-3H3. The Hall–Kier alpha value is -1.22. The van der Waals surface area contributed by atoms with E-state index in [4.69, 9.17) is 21.1 Å². The van der Waals surface area contributed by atoms with Gasteiger partial charge in [-0.15, -0.1) is 0 Å². The first kappa shape index (κ1) is 14.8. The van der Waals surface area contributed by atoms with Crippen molar-refractivity contribution in [3.8, 4) is 5.75 Å². The van der Waals surface area contributed by atoms with Gasteiger partial charge >= 0.3 is 5.97 Å². The van der Waals surface area contributed by atoms with Crippen LogP contribution in [-0.2, 0) is 9.53 Å². The highest BCUT2D eigenvalue weighted by Gasteiger charge is 2.23. The van der Waals surface area contributed by atoms with E-state index in [1.54, 1.807) is 19.1 Å². The lowest BCUT2D eigenvalue weighted by atomic mass is 9.95. The third kappa shape index (κ3) is 3.64. The highest BCUT2D eigenvalue weighted by atomic mass is 35.5. The zero-order valence-corrected chi connectivity index (χ0v) is 11.8. The van der Waals surface area contributed by atoms with Gasteiger partial charge < -0.3 is 9.47 Å². The lowest BCUT2D eigenvalue weighted by molar-refractivity contribution is -0.145. The van der Waals surface area contributed by atoms with Gasteiger partial charge in [-0.1, -0.05) is 24.6 Å². The fourth-order valence-electron chi connectivity index (χ4n) is 1.83. The maximum Gasteiger partial charge on any atom is 0.313 e. The first-order valence-corrected chi connectivity index (χ1v) is 6.60. The molecule has 4 heteroatoms. The number of hydrogen-bond acceptors (Lipinski definition) is 3. The van der Waals surface area contributed by atoms with Crippen LogP contribution in [0.5, 0.6) is 5.75 Å². The molecule has 1 unspecified atom stereocenters. The molecule has 100 valence electrons. The van der Waals surface area contributed by atoms with Crippen molar-refractivity contribution in [2.45, 2.75) is 33.1 Å². The van der Waals surface area contributed by atoms with Crippen molar-refractivity contribution in [2.75, 3.05) is 13.2 Å². The lowest BCUT2D eigenvalue weighted by Gasteiger charge is -2.18. The molecule has 0 saturated heterocycles. The van der Waals surface area contributed by atoms with E-state index in [1.165, 1.54) is 0 Å². The molecule has 0 amide bonds. The number of benzene rings is 1.